The van der Waals surface area contributed by atoms with Crippen molar-refractivity contribution < 1.29 is 24.6 Å². The molecule has 0 atom stereocenters. The van der Waals surface area contributed by atoms with Crippen molar-refractivity contribution in [2.75, 3.05) is 14.2 Å². The molecule has 9 nitrogen and oxygen atoms in total. The molecule has 0 saturated heterocycles. The van der Waals surface area contributed by atoms with Gasteiger partial charge in [-0.1, -0.05) is 6.08 Å². The van der Waals surface area contributed by atoms with Gasteiger partial charge >= 0.3 is 11.2 Å². The molecule has 0 aliphatic rings. The summed E-state index contributed by atoms with van der Waals surface area (Å²) in [6, 6.07) is 1.34. The third-order valence-corrected chi connectivity index (χ3v) is 3.32. The van der Waals surface area contributed by atoms with Gasteiger partial charge in [0.15, 0.2) is 11.5 Å². The largest absolute Gasteiger partial charge is 0.504 e. The molecule has 9 heteroatoms. The van der Waals surface area contributed by atoms with Crippen molar-refractivity contribution in [1.82, 2.24) is 4.57 Å². The lowest BCUT2D eigenvalue weighted by atomic mass is 10.1. The number of phenolic OH excluding ortho intramolecular Hbond substituents is 1. The van der Waals surface area contributed by atoms with E-state index in [2.05, 4.69) is 6.58 Å². The Labute approximate surface area is 129 Å². The van der Waals surface area contributed by atoms with E-state index in [1.54, 1.807) is 0 Å². The summed E-state index contributed by atoms with van der Waals surface area (Å²) in [5.74, 6) is -1.52. The molecule has 1 aromatic heterocycles. The van der Waals surface area contributed by atoms with Gasteiger partial charge in [0.05, 0.1) is 30.0 Å². The van der Waals surface area contributed by atoms with E-state index in [4.69, 9.17) is 9.47 Å². The highest BCUT2D eigenvalue weighted by molar-refractivity contribution is 5.97. The molecule has 2 N–H and O–H groups in total. The smallest absolute Gasteiger partial charge is 0.376 e. The molecule has 2 aromatic rings. The van der Waals surface area contributed by atoms with E-state index in [1.807, 2.05) is 0 Å². The Morgan fingerprint density at radius 1 is 1.35 bits per heavy atom. The summed E-state index contributed by atoms with van der Waals surface area (Å²) in [6.07, 6.45) is 1.36. The summed E-state index contributed by atoms with van der Waals surface area (Å²) in [4.78, 5) is 22.4. The number of fused-ring (bicyclic) bond motifs is 1. The van der Waals surface area contributed by atoms with Gasteiger partial charge in [0.25, 0.3) is 0 Å². The maximum atomic E-state index is 12.3. The van der Waals surface area contributed by atoms with Crippen LogP contribution in [0.4, 0.5) is 5.69 Å². The van der Waals surface area contributed by atoms with E-state index < -0.39 is 27.7 Å². The van der Waals surface area contributed by atoms with E-state index in [9.17, 15) is 25.1 Å². The number of hydrogen-bond donors (Lipinski definition) is 2. The average molecular weight is 322 g/mol. The quantitative estimate of drug-likeness (QED) is 0.486. The SMILES string of the molecule is C=CCn1c(=O)c([N+](=O)[O-])c(O)c2c(O)c(OC)c(OC)cc21. The van der Waals surface area contributed by atoms with Crippen LogP contribution in [0.15, 0.2) is 23.5 Å². The third kappa shape index (κ3) is 2.31. The molecule has 1 aromatic carbocycles. The molecule has 0 unspecified atom stereocenters. The molecule has 0 aliphatic carbocycles. The van der Waals surface area contributed by atoms with Crippen LogP contribution in [0.3, 0.4) is 0 Å². The van der Waals surface area contributed by atoms with Crippen LogP contribution in [0.1, 0.15) is 0 Å². The standard InChI is InChI=1S/C14H14N2O7/c1-4-5-15-7-6-8(22-2)13(23-3)12(18)9(7)11(17)10(14(15)19)16(20)21/h4,6,17-18H,1,5H2,2-3H3. The molecule has 0 aliphatic heterocycles. The number of methoxy groups -OCH3 is 2. The average Bonchev–Trinajstić information content (AvgIpc) is 2.50. The lowest BCUT2D eigenvalue weighted by Crippen LogP contribution is -2.23. The first-order valence-electron chi connectivity index (χ1n) is 6.37. The van der Waals surface area contributed by atoms with Crippen LogP contribution in [0.5, 0.6) is 23.0 Å². The highest BCUT2D eigenvalue weighted by Crippen LogP contribution is 2.47. The second kappa shape index (κ2) is 5.87. The Morgan fingerprint density at radius 2 is 2.00 bits per heavy atom. The second-order valence-electron chi connectivity index (χ2n) is 4.51. The minimum atomic E-state index is -1.04. The number of nitrogens with zero attached hydrogens (tertiary/aromatic N) is 2. The van der Waals surface area contributed by atoms with Crippen LogP contribution in [-0.4, -0.2) is 33.9 Å². The second-order valence-corrected chi connectivity index (χ2v) is 4.51. The maximum Gasteiger partial charge on any atom is 0.376 e. The molecular weight excluding hydrogens is 308 g/mol. The van der Waals surface area contributed by atoms with Gasteiger partial charge in [-0.25, -0.2) is 0 Å². The Hall–Kier alpha value is -3.23. The summed E-state index contributed by atoms with van der Waals surface area (Å²) in [5, 5.41) is 31.2. The zero-order valence-electron chi connectivity index (χ0n) is 12.4. The van der Waals surface area contributed by atoms with Crippen molar-refractivity contribution in [3.63, 3.8) is 0 Å². The first-order chi connectivity index (χ1) is 10.9. The van der Waals surface area contributed by atoms with Crippen LogP contribution >= 0.6 is 0 Å². The van der Waals surface area contributed by atoms with Crippen molar-refractivity contribution in [3.8, 4) is 23.0 Å². The van der Waals surface area contributed by atoms with E-state index in [-0.39, 0.29) is 28.9 Å². The normalized spacial score (nSPS) is 10.5. The fourth-order valence-corrected chi connectivity index (χ4v) is 2.34. The number of allylic oxidation sites excluding steroid dienone is 1. The Kier molecular flexibility index (Phi) is 4.12. The van der Waals surface area contributed by atoms with Crippen molar-refractivity contribution in [1.29, 1.82) is 0 Å². The highest BCUT2D eigenvalue weighted by atomic mass is 16.6. The van der Waals surface area contributed by atoms with Crippen molar-refractivity contribution in [2.45, 2.75) is 6.54 Å². The monoisotopic (exact) mass is 322 g/mol. The number of nitro groups is 1. The van der Waals surface area contributed by atoms with Crippen LogP contribution in [0.2, 0.25) is 0 Å². The fourth-order valence-electron chi connectivity index (χ4n) is 2.34. The minimum absolute atomic E-state index is 0.0492. The molecule has 0 bridgehead atoms. The van der Waals surface area contributed by atoms with Gasteiger partial charge in [-0.15, -0.1) is 6.58 Å². The highest BCUT2D eigenvalue weighted by Gasteiger charge is 2.29. The number of ether oxygens (including phenoxy) is 2. The summed E-state index contributed by atoms with van der Waals surface area (Å²) >= 11 is 0. The first-order valence-corrected chi connectivity index (χ1v) is 6.37. The van der Waals surface area contributed by atoms with Gasteiger partial charge in [-0.05, 0) is 0 Å². The number of hydrogen-bond acceptors (Lipinski definition) is 7. The zero-order valence-corrected chi connectivity index (χ0v) is 12.4. The number of rotatable bonds is 5. The van der Waals surface area contributed by atoms with Gasteiger partial charge < -0.3 is 19.7 Å². The van der Waals surface area contributed by atoms with Crippen LogP contribution < -0.4 is 15.0 Å². The molecule has 2 rings (SSSR count). The number of pyridine rings is 1. The van der Waals surface area contributed by atoms with E-state index >= 15 is 0 Å². The van der Waals surface area contributed by atoms with Gasteiger partial charge in [0.1, 0.15) is 0 Å². The summed E-state index contributed by atoms with van der Waals surface area (Å²) in [5.41, 5.74) is -2.01. The molecule has 0 fully saturated rings. The van der Waals surface area contributed by atoms with Crippen LogP contribution in [0.25, 0.3) is 10.9 Å². The van der Waals surface area contributed by atoms with Crippen LogP contribution in [0, 0.1) is 10.1 Å². The topological polar surface area (TPSA) is 124 Å². The number of aromatic hydroxyl groups is 2. The lowest BCUT2D eigenvalue weighted by Gasteiger charge is -2.15. The van der Waals surface area contributed by atoms with Gasteiger partial charge in [0.2, 0.25) is 11.5 Å². The third-order valence-electron chi connectivity index (χ3n) is 3.32. The molecule has 0 amide bonds. The lowest BCUT2D eigenvalue weighted by molar-refractivity contribution is -0.387. The van der Waals surface area contributed by atoms with E-state index in [0.29, 0.717) is 0 Å². The van der Waals surface area contributed by atoms with Crippen LogP contribution in [-0.2, 0) is 6.54 Å². The number of aromatic nitrogens is 1. The van der Waals surface area contributed by atoms with Crippen molar-refractivity contribution in [2.24, 2.45) is 0 Å². The molecule has 0 radical (unpaired) electrons. The number of benzene rings is 1. The van der Waals surface area contributed by atoms with Gasteiger partial charge in [-0.3, -0.25) is 19.5 Å². The summed E-state index contributed by atoms with van der Waals surface area (Å²) in [7, 11) is 2.58. The first kappa shape index (κ1) is 16.1. The Bertz CT molecular complexity index is 870. The Balaban J connectivity index is 3.14. The van der Waals surface area contributed by atoms with Gasteiger partial charge in [0, 0.05) is 12.6 Å². The van der Waals surface area contributed by atoms with Crippen molar-refractivity contribution >= 4 is 16.6 Å². The van der Waals surface area contributed by atoms with Crippen molar-refractivity contribution in [3.05, 3.63) is 39.2 Å². The maximum absolute atomic E-state index is 12.3. The Morgan fingerprint density at radius 3 is 2.48 bits per heavy atom. The molecule has 23 heavy (non-hydrogen) atoms. The molecule has 1 heterocycles. The predicted octanol–water partition coefficient (Wildman–Crippen LogP) is 1.52. The molecule has 0 saturated carbocycles. The molecule has 0 spiro atoms. The molecule has 122 valence electrons. The molecular formula is C14H14N2O7. The summed E-state index contributed by atoms with van der Waals surface area (Å²) < 4.78 is 11.1. The van der Waals surface area contributed by atoms with Gasteiger partial charge in [-0.2, -0.15) is 0 Å². The summed E-state index contributed by atoms with van der Waals surface area (Å²) in [6.45, 7) is 3.42. The fraction of sp³-hybridized carbons (Fsp3) is 0.214. The van der Waals surface area contributed by atoms with E-state index in [0.717, 1.165) is 4.57 Å². The predicted molar refractivity (Wildman–Crippen MR) is 81.5 cm³/mol. The number of phenols is 1. The van der Waals surface area contributed by atoms with E-state index in [1.165, 1.54) is 26.4 Å². The zero-order chi connectivity index (χ0) is 17.3. The minimum Gasteiger partial charge on any atom is -0.504 e.